The molecule has 0 amide bonds. The molecule has 2 heteroatoms. The van der Waals surface area contributed by atoms with E-state index in [-0.39, 0.29) is 5.82 Å². The van der Waals surface area contributed by atoms with Crippen molar-refractivity contribution in [1.82, 2.24) is 0 Å². The topological polar surface area (TPSA) is 23.8 Å². The average molecular weight is 430 g/mol. The van der Waals surface area contributed by atoms with Crippen LogP contribution in [0, 0.1) is 29.0 Å². The normalized spacial score (nSPS) is 10.3. The Kier molecular flexibility index (Phi) is 6.99. The maximum Gasteiger partial charge on any atom is 0.146 e. The van der Waals surface area contributed by atoms with Crippen LogP contribution in [0.15, 0.2) is 91.5 Å². The van der Waals surface area contributed by atoms with Crippen LogP contribution in [0.25, 0.3) is 10.8 Å². The SMILES string of the molecule is C=CCCc1ccc(CCc2ccc3c(F)c(C#Cc4ccc(C#N)cc4)ccc3c2)cc1. The largest absolute Gasteiger partial charge is 0.205 e. The number of halogens is 1. The number of hydrogen-bond acceptors (Lipinski definition) is 1. The highest BCUT2D eigenvalue weighted by Gasteiger charge is 2.07. The number of fused-ring (bicyclic) bond motifs is 1. The third kappa shape index (κ3) is 5.57. The van der Waals surface area contributed by atoms with Crippen LogP contribution in [-0.2, 0) is 19.3 Å². The van der Waals surface area contributed by atoms with Crippen LogP contribution in [0.1, 0.15) is 39.8 Å². The summed E-state index contributed by atoms with van der Waals surface area (Å²) < 4.78 is 15.0. The van der Waals surface area contributed by atoms with Crippen molar-refractivity contribution in [3.63, 3.8) is 0 Å². The van der Waals surface area contributed by atoms with Gasteiger partial charge in [-0.15, -0.1) is 6.58 Å². The Morgan fingerprint density at radius 1 is 0.727 bits per heavy atom. The minimum absolute atomic E-state index is 0.296. The summed E-state index contributed by atoms with van der Waals surface area (Å²) in [6.45, 7) is 3.78. The zero-order chi connectivity index (χ0) is 23.0. The number of benzene rings is 4. The average Bonchev–Trinajstić information content (AvgIpc) is 2.86. The minimum atomic E-state index is -0.296. The molecule has 0 aliphatic rings. The van der Waals surface area contributed by atoms with Gasteiger partial charge in [-0.05, 0) is 78.1 Å². The van der Waals surface area contributed by atoms with Gasteiger partial charge in [0.2, 0.25) is 0 Å². The van der Waals surface area contributed by atoms with E-state index in [1.807, 2.05) is 24.3 Å². The Balaban J connectivity index is 1.47. The summed E-state index contributed by atoms with van der Waals surface area (Å²) in [7, 11) is 0. The van der Waals surface area contributed by atoms with E-state index < -0.39 is 0 Å². The smallest absolute Gasteiger partial charge is 0.146 e. The van der Waals surface area contributed by atoms with Gasteiger partial charge in [0.1, 0.15) is 5.82 Å². The summed E-state index contributed by atoms with van der Waals surface area (Å²) in [4.78, 5) is 0. The van der Waals surface area contributed by atoms with E-state index in [1.54, 1.807) is 30.3 Å². The fourth-order valence-electron chi connectivity index (χ4n) is 3.79. The highest BCUT2D eigenvalue weighted by molar-refractivity contribution is 5.85. The van der Waals surface area contributed by atoms with Crippen LogP contribution in [0.5, 0.6) is 0 Å². The van der Waals surface area contributed by atoms with E-state index in [1.165, 1.54) is 16.7 Å². The Hall–Kier alpha value is -4.14. The van der Waals surface area contributed by atoms with E-state index >= 15 is 4.39 Å². The summed E-state index contributed by atoms with van der Waals surface area (Å²) in [5, 5.41) is 10.3. The van der Waals surface area contributed by atoms with Gasteiger partial charge in [-0.25, -0.2) is 4.39 Å². The minimum Gasteiger partial charge on any atom is -0.205 e. The molecule has 0 aliphatic heterocycles. The van der Waals surface area contributed by atoms with E-state index in [0.717, 1.165) is 36.6 Å². The van der Waals surface area contributed by atoms with Crippen molar-refractivity contribution in [1.29, 1.82) is 5.26 Å². The molecule has 0 heterocycles. The van der Waals surface area contributed by atoms with Gasteiger partial charge in [-0.1, -0.05) is 66.4 Å². The van der Waals surface area contributed by atoms with E-state index in [4.69, 9.17) is 5.26 Å². The molecular formula is C31H24FN. The molecule has 4 rings (SSSR count). The second-order valence-corrected chi connectivity index (χ2v) is 8.07. The molecule has 0 aromatic heterocycles. The molecule has 33 heavy (non-hydrogen) atoms. The van der Waals surface area contributed by atoms with Crippen LogP contribution in [0.3, 0.4) is 0 Å². The molecule has 1 nitrogen and oxygen atoms in total. The van der Waals surface area contributed by atoms with Crippen molar-refractivity contribution in [2.24, 2.45) is 0 Å². The third-order valence-electron chi connectivity index (χ3n) is 5.74. The molecular weight excluding hydrogens is 405 g/mol. The maximum absolute atomic E-state index is 15.0. The lowest BCUT2D eigenvalue weighted by Gasteiger charge is -2.07. The van der Waals surface area contributed by atoms with E-state index in [0.29, 0.717) is 16.5 Å². The van der Waals surface area contributed by atoms with Crippen LogP contribution in [0.4, 0.5) is 4.39 Å². The number of aryl methyl sites for hydroxylation is 3. The molecule has 0 spiro atoms. The number of nitriles is 1. The first-order valence-electron chi connectivity index (χ1n) is 11.1. The quantitative estimate of drug-likeness (QED) is 0.236. The van der Waals surface area contributed by atoms with Gasteiger partial charge >= 0.3 is 0 Å². The molecule has 0 aliphatic carbocycles. The number of nitrogens with zero attached hydrogens (tertiary/aromatic N) is 1. The van der Waals surface area contributed by atoms with Gasteiger partial charge in [0.05, 0.1) is 17.2 Å². The molecule has 0 N–H and O–H groups in total. The van der Waals surface area contributed by atoms with Crippen molar-refractivity contribution in [2.75, 3.05) is 0 Å². The molecule has 4 aromatic rings. The Morgan fingerprint density at radius 2 is 1.36 bits per heavy atom. The second kappa shape index (κ2) is 10.4. The van der Waals surface area contributed by atoms with Crippen molar-refractivity contribution >= 4 is 10.8 Å². The number of rotatable bonds is 6. The van der Waals surface area contributed by atoms with Crippen LogP contribution >= 0.6 is 0 Å². The zero-order valence-electron chi connectivity index (χ0n) is 18.4. The molecule has 0 saturated heterocycles. The standard InChI is InChI=1S/C31H24FN/c1-2-3-4-23-5-7-24(8-6-23)9-12-26-16-20-30-29(21-26)19-18-28(31(30)32)17-15-25-10-13-27(22-33)14-11-25/h2,5-8,10-11,13-14,16,18-21H,1,3-4,9,12H2. The predicted molar refractivity (Wildman–Crippen MR) is 133 cm³/mol. The first kappa shape index (κ1) is 22.1. The van der Waals surface area contributed by atoms with Gasteiger partial charge in [-0.3, -0.25) is 0 Å². The maximum atomic E-state index is 15.0. The Bertz CT molecular complexity index is 1380. The highest BCUT2D eigenvalue weighted by Crippen LogP contribution is 2.23. The fourth-order valence-corrected chi connectivity index (χ4v) is 3.79. The van der Waals surface area contributed by atoms with E-state index in [9.17, 15) is 0 Å². The molecule has 0 bridgehead atoms. The van der Waals surface area contributed by atoms with Gasteiger partial charge in [0.25, 0.3) is 0 Å². The molecule has 0 saturated carbocycles. The second-order valence-electron chi connectivity index (χ2n) is 8.07. The van der Waals surface area contributed by atoms with Crippen LogP contribution in [-0.4, -0.2) is 0 Å². The Labute approximate surface area is 194 Å². The number of hydrogen-bond donors (Lipinski definition) is 0. The molecule has 0 unspecified atom stereocenters. The van der Waals surface area contributed by atoms with Crippen LogP contribution in [0.2, 0.25) is 0 Å². The summed E-state index contributed by atoms with van der Waals surface area (Å²) in [5.41, 5.74) is 5.52. The number of allylic oxidation sites excluding steroid dienone is 1. The zero-order valence-corrected chi connectivity index (χ0v) is 18.4. The van der Waals surface area contributed by atoms with Gasteiger partial charge in [0, 0.05) is 10.9 Å². The van der Waals surface area contributed by atoms with Gasteiger partial charge in [-0.2, -0.15) is 5.26 Å². The summed E-state index contributed by atoms with van der Waals surface area (Å²) >= 11 is 0. The first-order chi connectivity index (χ1) is 16.2. The van der Waals surface area contributed by atoms with Crippen molar-refractivity contribution in [3.8, 4) is 17.9 Å². The Morgan fingerprint density at radius 3 is 2.06 bits per heavy atom. The summed E-state index contributed by atoms with van der Waals surface area (Å²) in [6.07, 6.45) is 5.82. The predicted octanol–water partition coefficient (Wildman–Crippen LogP) is 7.15. The monoisotopic (exact) mass is 429 g/mol. The molecule has 160 valence electrons. The van der Waals surface area contributed by atoms with Crippen molar-refractivity contribution in [2.45, 2.75) is 25.7 Å². The lowest BCUT2D eigenvalue weighted by atomic mass is 9.98. The fraction of sp³-hybridized carbons (Fsp3) is 0.129. The van der Waals surface area contributed by atoms with Crippen molar-refractivity contribution in [3.05, 3.63) is 131 Å². The first-order valence-corrected chi connectivity index (χ1v) is 11.1. The molecule has 0 fully saturated rings. The highest BCUT2D eigenvalue weighted by atomic mass is 19.1. The van der Waals surface area contributed by atoms with E-state index in [2.05, 4.69) is 54.8 Å². The third-order valence-corrected chi connectivity index (χ3v) is 5.74. The lowest BCUT2D eigenvalue weighted by molar-refractivity contribution is 0.636. The van der Waals surface area contributed by atoms with Gasteiger partial charge in [0.15, 0.2) is 0 Å². The lowest BCUT2D eigenvalue weighted by Crippen LogP contribution is -1.94. The summed E-state index contributed by atoms with van der Waals surface area (Å²) in [5.74, 6) is 5.61. The summed E-state index contributed by atoms with van der Waals surface area (Å²) in [6, 6.07) is 27.4. The van der Waals surface area contributed by atoms with Gasteiger partial charge < -0.3 is 0 Å². The molecule has 0 atom stereocenters. The molecule has 0 radical (unpaired) electrons. The molecule has 4 aromatic carbocycles. The van der Waals surface area contributed by atoms with Crippen LogP contribution < -0.4 is 0 Å². The van der Waals surface area contributed by atoms with Crippen molar-refractivity contribution < 1.29 is 4.39 Å².